The predicted octanol–water partition coefficient (Wildman–Crippen LogP) is 4.02. The summed E-state index contributed by atoms with van der Waals surface area (Å²) in [5.74, 6) is 0.548. The second kappa shape index (κ2) is 6.44. The van der Waals surface area contributed by atoms with Gasteiger partial charge in [-0.25, -0.2) is 0 Å². The van der Waals surface area contributed by atoms with E-state index in [2.05, 4.69) is 17.4 Å². The van der Waals surface area contributed by atoms with E-state index in [0.717, 1.165) is 16.8 Å². The highest BCUT2D eigenvalue weighted by Gasteiger charge is 2.16. The summed E-state index contributed by atoms with van der Waals surface area (Å²) < 4.78 is 5.64. The number of carbonyl (C=O) groups excluding carboxylic acids is 1. The topological polar surface area (TPSA) is 38.3 Å². The number of para-hydroxylation sites is 1. The van der Waals surface area contributed by atoms with Crippen molar-refractivity contribution in [2.24, 2.45) is 0 Å². The third-order valence-corrected chi connectivity index (χ3v) is 3.35. The summed E-state index contributed by atoms with van der Waals surface area (Å²) >= 11 is 0. The molecule has 110 valence electrons. The van der Waals surface area contributed by atoms with E-state index in [9.17, 15) is 4.79 Å². The molecule has 0 unspecified atom stereocenters. The highest BCUT2D eigenvalue weighted by molar-refractivity contribution is 5.95. The molecule has 2 rings (SSSR count). The van der Waals surface area contributed by atoms with Gasteiger partial charge in [0.15, 0.2) is 6.10 Å². The van der Waals surface area contributed by atoms with Gasteiger partial charge in [0.2, 0.25) is 0 Å². The van der Waals surface area contributed by atoms with Crippen molar-refractivity contribution in [3.05, 3.63) is 59.2 Å². The number of rotatable bonds is 4. The van der Waals surface area contributed by atoms with E-state index >= 15 is 0 Å². The Balaban J connectivity index is 2.08. The minimum Gasteiger partial charge on any atom is -0.481 e. The monoisotopic (exact) mass is 283 g/mol. The number of anilines is 1. The Morgan fingerprint density at radius 3 is 2.19 bits per heavy atom. The first-order chi connectivity index (χ1) is 9.97. The number of aryl methyl sites for hydroxylation is 3. The molecule has 0 radical (unpaired) electrons. The van der Waals surface area contributed by atoms with E-state index in [1.165, 1.54) is 5.56 Å². The van der Waals surface area contributed by atoms with E-state index < -0.39 is 6.10 Å². The first-order valence-electron chi connectivity index (χ1n) is 7.08. The van der Waals surface area contributed by atoms with Crippen molar-refractivity contribution in [1.82, 2.24) is 0 Å². The van der Waals surface area contributed by atoms with Crippen LogP contribution in [-0.2, 0) is 4.79 Å². The van der Waals surface area contributed by atoms with Crippen LogP contribution in [0.5, 0.6) is 5.75 Å². The van der Waals surface area contributed by atoms with Gasteiger partial charge in [0.1, 0.15) is 5.75 Å². The lowest BCUT2D eigenvalue weighted by Crippen LogP contribution is -2.30. The number of benzene rings is 2. The second-order valence-electron chi connectivity index (χ2n) is 5.34. The molecule has 0 aliphatic carbocycles. The molecule has 1 N–H and O–H groups in total. The zero-order chi connectivity index (χ0) is 15.4. The highest BCUT2D eigenvalue weighted by atomic mass is 16.5. The van der Waals surface area contributed by atoms with Crippen molar-refractivity contribution in [3.8, 4) is 5.75 Å². The fourth-order valence-electron chi connectivity index (χ4n) is 2.36. The Bertz CT molecular complexity index is 612. The number of carbonyl (C=O) groups is 1. The lowest BCUT2D eigenvalue weighted by molar-refractivity contribution is -0.122. The van der Waals surface area contributed by atoms with Crippen LogP contribution in [-0.4, -0.2) is 12.0 Å². The SMILES string of the molecule is Cc1cc(C)c(NC(=O)[C@@H](C)Oc2ccccc2)c(C)c1. The van der Waals surface area contributed by atoms with Crippen molar-refractivity contribution in [3.63, 3.8) is 0 Å². The number of hydrogen-bond donors (Lipinski definition) is 1. The van der Waals surface area contributed by atoms with E-state index in [0.29, 0.717) is 5.75 Å². The molecule has 3 heteroatoms. The summed E-state index contributed by atoms with van der Waals surface area (Å²) in [4.78, 5) is 12.3. The number of nitrogens with one attached hydrogen (secondary N) is 1. The highest BCUT2D eigenvalue weighted by Crippen LogP contribution is 2.22. The second-order valence-corrected chi connectivity index (χ2v) is 5.34. The lowest BCUT2D eigenvalue weighted by Gasteiger charge is -2.17. The van der Waals surface area contributed by atoms with Crippen LogP contribution in [0.1, 0.15) is 23.6 Å². The molecule has 0 aliphatic rings. The number of amides is 1. The van der Waals surface area contributed by atoms with Crippen LogP contribution in [0.3, 0.4) is 0 Å². The van der Waals surface area contributed by atoms with Gasteiger partial charge in [-0.1, -0.05) is 35.9 Å². The first kappa shape index (κ1) is 15.1. The van der Waals surface area contributed by atoms with E-state index in [-0.39, 0.29) is 5.91 Å². The van der Waals surface area contributed by atoms with Crippen molar-refractivity contribution >= 4 is 11.6 Å². The fourth-order valence-corrected chi connectivity index (χ4v) is 2.36. The quantitative estimate of drug-likeness (QED) is 0.920. The standard InChI is InChI=1S/C18H21NO2/c1-12-10-13(2)17(14(3)11-12)19-18(20)15(4)21-16-8-6-5-7-9-16/h5-11,15H,1-4H3,(H,19,20)/t15-/m1/s1. The summed E-state index contributed by atoms with van der Waals surface area (Å²) in [7, 11) is 0. The van der Waals surface area contributed by atoms with Crippen LogP contribution in [0, 0.1) is 20.8 Å². The molecule has 2 aromatic rings. The Kier molecular flexibility index (Phi) is 4.63. The Morgan fingerprint density at radius 1 is 1.05 bits per heavy atom. The minimum absolute atomic E-state index is 0.145. The molecule has 0 spiro atoms. The third-order valence-electron chi connectivity index (χ3n) is 3.35. The molecular weight excluding hydrogens is 262 g/mol. The van der Waals surface area contributed by atoms with E-state index in [1.54, 1.807) is 6.92 Å². The average Bonchev–Trinajstić information content (AvgIpc) is 2.43. The van der Waals surface area contributed by atoms with Crippen molar-refractivity contribution in [2.45, 2.75) is 33.8 Å². The molecule has 0 aromatic heterocycles. The Hall–Kier alpha value is -2.29. The van der Waals surface area contributed by atoms with Crippen LogP contribution in [0.4, 0.5) is 5.69 Å². The molecule has 2 aromatic carbocycles. The molecule has 1 atom stereocenters. The molecule has 21 heavy (non-hydrogen) atoms. The maximum Gasteiger partial charge on any atom is 0.265 e. The van der Waals surface area contributed by atoms with E-state index in [1.807, 2.05) is 51.1 Å². The molecular formula is C18H21NO2. The normalized spacial score (nSPS) is 11.8. The van der Waals surface area contributed by atoms with Gasteiger partial charge in [0.05, 0.1) is 0 Å². The maximum absolute atomic E-state index is 12.3. The Morgan fingerprint density at radius 2 is 1.62 bits per heavy atom. The average molecular weight is 283 g/mol. The predicted molar refractivity (Wildman–Crippen MR) is 85.8 cm³/mol. The zero-order valence-electron chi connectivity index (χ0n) is 12.9. The maximum atomic E-state index is 12.3. The Labute approximate surface area is 126 Å². The summed E-state index contributed by atoms with van der Waals surface area (Å²) in [5.41, 5.74) is 4.19. The van der Waals surface area contributed by atoms with Crippen molar-refractivity contribution in [1.29, 1.82) is 0 Å². The van der Waals surface area contributed by atoms with Gasteiger partial charge < -0.3 is 10.1 Å². The van der Waals surface area contributed by atoms with Crippen molar-refractivity contribution < 1.29 is 9.53 Å². The summed E-state index contributed by atoms with van der Waals surface area (Å²) in [6.45, 7) is 7.80. The van der Waals surface area contributed by atoms with Crippen molar-refractivity contribution in [2.75, 3.05) is 5.32 Å². The van der Waals surface area contributed by atoms with Gasteiger partial charge in [-0.05, 0) is 51.0 Å². The molecule has 0 saturated carbocycles. The van der Waals surface area contributed by atoms with Gasteiger partial charge in [-0.3, -0.25) is 4.79 Å². The van der Waals surface area contributed by atoms with Gasteiger partial charge in [0.25, 0.3) is 5.91 Å². The molecule has 0 heterocycles. The molecule has 1 amide bonds. The van der Waals surface area contributed by atoms with E-state index in [4.69, 9.17) is 4.74 Å². The molecule has 0 bridgehead atoms. The fraction of sp³-hybridized carbons (Fsp3) is 0.278. The molecule has 0 aliphatic heterocycles. The van der Waals surface area contributed by atoms with Crippen LogP contribution in [0.2, 0.25) is 0 Å². The summed E-state index contributed by atoms with van der Waals surface area (Å²) in [5, 5.41) is 2.96. The largest absolute Gasteiger partial charge is 0.481 e. The van der Waals surface area contributed by atoms with Crippen LogP contribution in [0.25, 0.3) is 0 Å². The summed E-state index contributed by atoms with van der Waals surface area (Å²) in [6, 6.07) is 13.5. The van der Waals surface area contributed by atoms with Gasteiger partial charge in [-0.15, -0.1) is 0 Å². The zero-order valence-corrected chi connectivity index (χ0v) is 12.9. The number of ether oxygens (including phenoxy) is 1. The van der Waals surface area contributed by atoms with Crippen LogP contribution < -0.4 is 10.1 Å². The lowest BCUT2D eigenvalue weighted by atomic mass is 10.0. The summed E-state index contributed by atoms with van der Waals surface area (Å²) in [6.07, 6.45) is -0.549. The van der Waals surface area contributed by atoms with Crippen LogP contribution >= 0.6 is 0 Å². The molecule has 0 fully saturated rings. The number of hydrogen-bond acceptors (Lipinski definition) is 2. The smallest absolute Gasteiger partial charge is 0.265 e. The van der Waals surface area contributed by atoms with Gasteiger partial charge in [0, 0.05) is 5.69 Å². The first-order valence-corrected chi connectivity index (χ1v) is 7.08. The van der Waals surface area contributed by atoms with Gasteiger partial charge >= 0.3 is 0 Å². The molecule has 3 nitrogen and oxygen atoms in total. The van der Waals surface area contributed by atoms with Crippen LogP contribution in [0.15, 0.2) is 42.5 Å². The minimum atomic E-state index is -0.549. The third kappa shape index (κ3) is 3.85. The van der Waals surface area contributed by atoms with Gasteiger partial charge in [-0.2, -0.15) is 0 Å². The molecule has 0 saturated heterocycles.